The number of pyridine rings is 1. The van der Waals surface area contributed by atoms with Crippen molar-refractivity contribution in [1.82, 2.24) is 15.2 Å². The molecule has 16 heavy (non-hydrogen) atoms. The molecule has 0 aliphatic rings. The third-order valence-electron chi connectivity index (χ3n) is 2.22. The molecule has 0 aromatic carbocycles. The summed E-state index contributed by atoms with van der Waals surface area (Å²) in [6.45, 7) is 1.96. The SMILES string of the molecule is COC(=O)c1[nH]ncc1-c1cc(C)ccn1. The minimum atomic E-state index is -0.448. The van der Waals surface area contributed by atoms with Gasteiger partial charge >= 0.3 is 5.97 Å². The van der Waals surface area contributed by atoms with Crippen LogP contribution in [-0.2, 0) is 4.74 Å². The second-order valence-corrected chi connectivity index (χ2v) is 3.37. The lowest BCUT2D eigenvalue weighted by Crippen LogP contribution is -2.03. The molecular formula is C11H11N3O2. The highest BCUT2D eigenvalue weighted by atomic mass is 16.5. The van der Waals surface area contributed by atoms with E-state index in [1.54, 1.807) is 12.4 Å². The molecule has 2 rings (SSSR count). The summed E-state index contributed by atoms with van der Waals surface area (Å²) in [4.78, 5) is 15.6. The topological polar surface area (TPSA) is 67.9 Å². The molecule has 82 valence electrons. The van der Waals surface area contributed by atoms with Gasteiger partial charge in [0.2, 0.25) is 0 Å². The number of rotatable bonds is 2. The third-order valence-corrected chi connectivity index (χ3v) is 2.22. The number of ether oxygens (including phenoxy) is 1. The second kappa shape index (κ2) is 4.14. The Morgan fingerprint density at radius 1 is 1.50 bits per heavy atom. The van der Waals surface area contributed by atoms with Gasteiger partial charge in [-0.15, -0.1) is 0 Å². The number of hydrogen-bond acceptors (Lipinski definition) is 4. The molecule has 0 amide bonds. The van der Waals surface area contributed by atoms with Gasteiger partial charge < -0.3 is 4.74 Å². The van der Waals surface area contributed by atoms with Gasteiger partial charge in [-0.3, -0.25) is 10.1 Å². The van der Waals surface area contributed by atoms with Gasteiger partial charge in [-0.05, 0) is 24.6 Å². The second-order valence-electron chi connectivity index (χ2n) is 3.37. The first-order valence-corrected chi connectivity index (χ1v) is 4.77. The fourth-order valence-corrected chi connectivity index (χ4v) is 1.42. The molecule has 1 N–H and O–H groups in total. The number of methoxy groups -OCH3 is 1. The Balaban J connectivity index is 2.48. The van der Waals surface area contributed by atoms with E-state index in [1.807, 2.05) is 19.1 Å². The number of nitrogens with zero attached hydrogens (tertiary/aromatic N) is 2. The molecule has 2 aromatic rings. The van der Waals surface area contributed by atoms with Crippen molar-refractivity contribution >= 4 is 5.97 Å². The summed E-state index contributed by atoms with van der Waals surface area (Å²) >= 11 is 0. The van der Waals surface area contributed by atoms with Crippen molar-refractivity contribution in [1.29, 1.82) is 0 Å². The van der Waals surface area contributed by atoms with Crippen LogP contribution in [0.5, 0.6) is 0 Å². The Morgan fingerprint density at radius 2 is 2.31 bits per heavy atom. The summed E-state index contributed by atoms with van der Waals surface area (Å²) in [6, 6.07) is 3.78. The quantitative estimate of drug-likeness (QED) is 0.775. The predicted molar refractivity (Wildman–Crippen MR) is 57.9 cm³/mol. The molecule has 0 aliphatic carbocycles. The predicted octanol–water partition coefficient (Wildman–Crippen LogP) is 1.57. The molecule has 2 heterocycles. The van der Waals surface area contributed by atoms with Crippen LogP contribution in [0.3, 0.4) is 0 Å². The van der Waals surface area contributed by atoms with Crippen LogP contribution in [0.25, 0.3) is 11.3 Å². The molecule has 5 nitrogen and oxygen atoms in total. The Kier molecular flexibility index (Phi) is 2.68. The minimum absolute atomic E-state index is 0.320. The van der Waals surface area contributed by atoms with E-state index in [1.165, 1.54) is 7.11 Å². The highest BCUT2D eigenvalue weighted by Gasteiger charge is 2.16. The highest BCUT2D eigenvalue weighted by molar-refractivity contribution is 5.94. The van der Waals surface area contributed by atoms with Crippen molar-refractivity contribution in [3.63, 3.8) is 0 Å². The third kappa shape index (κ3) is 1.79. The first-order valence-electron chi connectivity index (χ1n) is 4.77. The van der Waals surface area contributed by atoms with E-state index in [0.29, 0.717) is 17.0 Å². The van der Waals surface area contributed by atoms with Gasteiger partial charge in [0.15, 0.2) is 5.69 Å². The van der Waals surface area contributed by atoms with Gasteiger partial charge in [0.05, 0.1) is 24.6 Å². The van der Waals surface area contributed by atoms with E-state index in [0.717, 1.165) is 5.56 Å². The van der Waals surface area contributed by atoms with Crippen LogP contribution >= 0.6 is 0 Å². The van der Waals surface area contributed by atoms with Crippen LogP contribution < -0.4 is 0 Å². The molecule has 0 radical (unpaired) electrons. The van der Waals surface area contributed by atoms with Crippen LogP contribution in [0.2, 0.25) is 0 Å². The van der Waals surface area contributed by atoms with Gasteiger partial charge in [-0.2, -0.15) is 5.10 Å². The zero-order valence-electron chi connectivity index (χ0n) is 9.02. The van der Waals surface area contributed by atoms with Crippen molar-refractivity contribution in [3.05, 3.63) is 35.8 Å². The number of aromatic nitrogens is 3. The normalized spacial score (nSPS) is 10.1. The average Bonchev–Trinajstić information content (AvgIpc) is 2.77. The fraction of sp³-hybridized carbons (Fsp3) is 0.182. The van der Waals surface area contributed by atoms with Crippen LogP contribution in [0.15, 0.2) is 24.5 Å². The van der Waals surface area contributed by atoms with Crippen LogP contribution in [-0.4, -0.2) is 28.3 Å². The van der Waals surface area contributed by atoms with E-state index < -0.39 is 5.97 Å². The highest BCUT2D eigenvalue weighted by Crippen LogP contribution is 2.20. The maximum atomic E-state index is 11.4. The lowest BCUT2D eigenvalue weighted by atomic mass is 10.1. The molecule has 0 bridgehead atoms. The van der Waals surface area contributed by atoms with Gasteiger partial charge in [-0.1, -0.05) is 0 Å². The summed E-state index contributed by atoms with van der Waals surface area (Å²) in [5.41, 5.74) is 2.74. The molecule has 2 aromatic heterocycles. The van der Waals surface area contributed by atoms with E-state index in [9.17, 15) is 4.79 Å². The molecule has 0 saturated carbocycles. The average molecular weight is 217 g/mol. The molecular weight excluding hydrogens is 206 g/mol. The molecule has 0 spiro atoms. The first kappa shape index (κ1) is 10.4. The number of hydrogen-bond donors (Lipinski definition) is 1. The smallest absolute Gasteiger partial charge is 0.356 e. The number of aryl methyl sites for hydroxylation is 1. The molecule has 0 saturated heterocycles. The summed E-state index contributed by atoms with van der Waals surface area (Å²) < 4.78 is 4.65. The lowest BCUT2D eigenvalue weighted by Gasteiger charge is -2.01. The van der Waals surface area contributed by atoms with Crippen molar-refractivity contribution in [3.8, 4) is 11.3 Å². The van der Waals surface area contributed by atoms with E-state index >= 15 is 0 Å². The lowest BCUT2D eigenvalue weighted by molar-refractivity contribution is 0.0595. The Bertz CT molecular complexity index is 519. The number of carbonyl (C=O) groups is 1. The number of esters is 1. The standard InChI is InChI=1S/C11H11N3O2/c1-7-3-4-12-9(5-7)8-6-13-14-10(8)11(15)16-2/h3-6H,1-2H3,(H,13,14). The first-order chi connectivity index (χ1) is 7.72. The van der Waals surface area contributed by atoms with Gasteiger partial charge in [0.25, 0.3) is 0 Å². The summed E-state index contributed by atoms with van der Waals surface area (Å²) in [6.07, 6.45) is 3.26. The number of carbonyl (C=O) groups excluding carboxylic acids is 1. The number of H-pyrrole nitrogens is 1. The molecule has 0 aliphatic heterocycles. The molecule has 0 unspecified atom stereocenters. The maximum absolute atomic E-state index is 11.4. The fourth-order valence-electron chi connectivity index (χ4n) is 1.42. The largest absolute Gasteiger partial charge is 0.464 e. The number of aromatic amines is 1. The molecule has 5 heteroatoms. The van der Waals surface area contributed by atoms with Gasteiger partial charge in [0.1, 0.15) is 0 Å². The van der Waals surface area contributed by atoms with E-state index in [2.05, 4.69) is 19.9 Å². The minimum Gasteiger partial charge on any atom is -0.464 e. The summed E-state index contributed by atoms with van der Waals surface area (Å²) in [7, 11) is 1.33. The summed E-state index contributed by atoms with van der Waals surface area (Å²) in [5, 5.41) is 6.44. The van der Waals surface area contributed by atoms with Gasteiger partial charge in [0, 0.05) is 6.20 Å². The zero-order chi connectivity index (χ0) is 11.5. The Hall–Kier alpha value is -2.17. The zero-order valence-corrected chi connectivity index (χ0v) is 9.02. The van der Waals surface area contributed by atoms with Crippen molar-refractivity contribution < 1.29 is 9.53 Å². The molecule has 0 fully saturated rings. The monoisotopic (exact) mass is 217 g/mol. The Labute approximate surface area is 92.5 Å². The van der Waals surface area contributed by atoms with Crippen molar-refractivity contribution in [2.75, 3.05) is 7.11 Å². The van der Waals surface area contributed by atoms with Gasteiger partial charge in [-0.25, -0.2) is 4.79 Å². The van der Waals surface area contributed by atoms with E-state index in [-0.39, 0.29) is 0 Å². The number of nitrogens with one attached hydrogen (secondary N) is 1. The van der Waals surface area contributed by atoms with Crippen LogP contribution in [0.1, 0.15) is 16.1 Å². The van der Waals surface area contributed by atoms with Crippen LogP contribution in [0.4, 0.5) is 0 Å². The van der Waals surface area contributed by atoms with Crippen molar-refractivity contribution in [2.45, 2.75) is 6.92 Å². The molecule has 0 atom stereocenters. The maximum Gasteiger partial charge on any atom is 0.356 e. The summed E-state index contributed by atoms with van der Waals surface area (Å²) in [5.74, 6) is -0.448. The van der Waals surface area contributed by atoms with E-state index in [4.69, 9.17) is 0 Å². The van der Waals surface area contributed by atoms with Crippen molar-refractivity contribution in [2.24, 2.45) is 0 Å². The Morgan fingerprint density at radius 3 is 3.00 bits per heavy atom. The van der Waals surface area contributed by atoms with Crippen LogP contribution in [0, 0.1) is 6.92 Å².